The Balaban J connectivity index is 2.87. The average Bonchev–Trinajstić information content (AvgIpc) is 2.46. The predicted molar refractivity (Wildman–Crippen MR) is 87.7 cm³/mol. The second-order valence-corrected chi connectivity index (χ2v) is 8.30. The molecule has 0 spiro atoms. The largest absolute Gasteiger partial charge is 0.591 e. The Labute approximate surface area is 150 Å². The first-order valence-electron chi connectivity index (χ1n) is 7.58. The normalized spacial score (nSPS) is 15.1. The second kappa shape index (κ2) is 8.51. The van der Waals surface area contributed by atoms with Crippen LogP contribution in [0.3, 0.4) is 0 Å². The lowest BCUT2D eigenvalue weighted by atomic mass is 10.1. The molecule has 0 aliphatic rings. The maximum atomic E-state index is 13.2. The van der Waals surface area contributed by atoms with Crippen LogP contribution in [0.5, 0.6) is 5.75 Å². The molecule has 3 nitrogen and oxygen atoms in total. The Morgan fingerprint density at radius 2 is 1.58 bits per heavy atom. The molecule has 0 saturated carbocycles. The number of halogens is 6. The summed E-state index contributed by atoms with van der Waals surface area (Å²) >= 11 is -2.10. The van der Waals surface area contributed by atoms with Crippen molar-refractivity contribution in [1.29, 1.82) is 0 Å². The van der Waals surface area contributed by atoms with Crippen LogP contribution in [-0.2, 0) is 11.4 Å². The maximum Gasteiger partial charge on any atom is 0.438 e. The lowest BCUT2D eigenvalue weighted by Gasteiger charge is -2.20. The van der Waals surface area contributed by atoms with E-state index in [9.17, 15) is 30.9 Å². The van der Waals surface area contributed by atoms with Gasteiger partial charge in [-0.05, 0) is 51.5 Å². The Morgan fingerprint density at radius 1 is 1.04 bits per heavy atom. The fourth-order valence-electron chi connectivity index (χ4n) is 1.66. The number of hydrogen-bond donors (Lipinski definition) is 0. The van der Waals surface area contributed by atoms with Gasteiger partial charge in [0.25, 0.3) is 0 Å². The van der Waals surface area contributed by atoms with Gasteiger partial charge in [0.15, 0.2) is 0 Å². The molecule has 10 heteroatoms. The van der Waals surface area contributed by atoms with Crippen LogP contribution in [0.15, 0.2) is 28.7 Å². The van der Waals surface area contributed by atoms with E-state index < -0.39 is 40.6 Å². The summed E-state index contributed by atoms with van der Waals surface area (Å²) in [6.07, 6.45) is -10.4. The van der Waals surface area contributed by atoms with Crippen molar-refractivity contribution in [2.45, 2.75) is 50.7 Å². The van der Waals surface area contributed by atoms with Crippen LogP contribution in [0.25, 0.3) is 0 Å². The lowest BCUT2D eigenvalue weighted by molar-refractivity contribution is -0.136. The van der Waals surface area contributed by atoms with E-state index in [0.29, 0.717) is 0 Å². The van der Waals surface area contributed by atoms with Crippen LogP contribution >= 0.6 is 0 Å². The Hall–Kier alpha value is -1.42. The average molecular weight is 403 g/mol. The molecule has 0 aliphatic carbocycles. The van der Waals surface area contributed by atoms with Gasteiger partial charge in [-0.1, -0.05) is 4.40 Å². The standard InChI is InChI=1S/C16H19F6NO2S/c1-14(2,3)26(24)23-13(16(20,21)22)11-5-7-12(8-6-11)25-10-4-9-15(17,18)19/h5-8H,4,9-10H2,1-3H3. The third-order valence-corrected chi connectivity index (χ3v) is 4.36. The van der Waals surface area contributed by atoms with Crippen LogP contribution in [0.2, 0.25) is 0 Å². The van der Waals surface area contributed by atoms with Crippen molar-refractivity contribution in [2.24, 2.45) is 4.40 Å². The minimum atomic E-state index is -4.81. The molecule has 148 valence electrons. The van der Waals surface area contributed by atoms with Crippen molar-refractivity contribution in [3.8, 4) is 5.75 Å². The summed E-state index contributed by atoms with van der Waals surface area (Å²) in [5, 5.41) is 0. The van der Waals surface area contributed by atoms with E-state index >= 15 is 0 Å². The van der Waals surface area contributed by atoms with Crippen LogP contribution in [0.1, 0.15) is 39.2 Å². The van der Waals surface area contributed by atoms with Crippen LogP contribution in [-0.4, -0.2) is 34.0 Å². The quantitative estimate of drug-likeness (QED) is 0.283. The van der Waals surface area contributed by atoms with Crippen molar-refractivity contribution in [2.75, 3.05) is 6.61 Å². The number of ether oxygens (including phenoxy) is 1. The lowest BCUT2D eigenvalue weighted by Crippen LogP contribution is -2.31. The zero-order valence-corrected chi connectivity index (χ0v) is 15.2. The fourth-order valence-corrected chi connectivity index (χ4v) is 2.31. The summed E-state index contributed by atoms with van der Waals surface area (Å²) in [5.41, 5.74) is -1.59. The van der Waals surface area contributed by atoms with Crippen LogP contribution < -0.4 is 4.74 Å². The van der Waals surface area contributed by atoms with Gasteiger partial charge in [0, 0.05) is 12.0 Å². The third-order valence-electron chi connectivity index (χ3n) is 2.97. The second-order valence-electron chi connectivity index (χ2n) is 6.39. The predicted octanol–water partition coefficient (Wildman–Crippen LogP) is 5.22. The number of benzene rings is 1. The molecule has 1 rings (SSSR count). The van der Waals surface area contributed by atoms with E-state index in [2.05, 4.69) is 4.40 Å². The molecule has 0 fully saturated rings. The van der Waals surface area contributed by atoms with Crippen molar-refractivity contribution < 1.29 is 35.6 Å². The van der Waals surface area contributed by atoms with Crippen LogP contribution in [0, 0.1) is 0 Å². The summed E-state index contributed by atoms with van der Waals surface area (Å²) in [5.74, 6) is 0.134. The monoisotopic (exact) mass is 403 g/mol. The summed E-state index contributed by atoms with van der Waals surface area (Å²) in [6, 6.07) is 4.55. The first-order chi connectivity index (χ1) is 11.7. The van der Waals surface area contributed by atoms with Gasteiger partial charge >= 0.3 is 12.4 Å². The highest BCUT2D eigenvalue weighted by Crippen LogP contribution is 2.28. The van der Waals surface area contributed by atoms with Gasteiger partial charge in [0.05, 0.1) is 6.61 Å². The molecule has 1 aromatic rings. The minimum absolute atomic E-state index is 0.134. The molecule has 0 saturated heterocycles. The van der Waals surface area contributed by atoms with Gasteiger partial charge < -0.3 is 9.29 Å². The molecule has 0 radical (unpaired) electrons. The molecular formula is C16H19F6NO2S. The number of alkyl halides is 6. The first kappa shape index (κ1) is 22.6. The van der Waals surface area contributed by atoms with E-state index in [1.54, 1.807) is 0 Å². The van der Waals surface area contributed by atoms with E-state index in [1.165, 1.54) is 32.9 Å². The Morgan fingerprint density at radius 3 is 2.00 bits per heavy atom. The Kier molecular flexibility index (Phi) is 7.41. The van der Waals surface area contributed by atoms with E-state index in [0.717, 1.165) is 12.1 Å². The van der Waals surface area contributed by atoms with Gasteiger partial charge in [-0.3, -0.25) is 0 Å². The molecule has 26 heavy (non-hydrogen) atoms. The number of rotatable bonds is 6. The van der Waals surface area contributed by atoms with Gasteiger partial charge in [-0.25, -0.2) is 0 Å². The summed E-state index contributed by atoms with van der Waals surface area (Å²) in [6.45, 7) is 4.28. The maximum absolute atomic E-state index is 13.2. The molecule has 0 amide bonds. The zero-order valence-electron chi connectivity index (χ0n) is 14.4. The highest BCUT2D eigenvalue weighted by molar-refractivity contribution is 7.91. The third kappa shape index (κ3) is 7.86. The molecule has 1 aromatic carbocycles. The van der Waals surface area contributed by atoms with Crippen molar-refractivity contribution in [3.05, 3.63) is 29.8 Å². The van der Waals surface area contributed by atoms with E-state index in [4.69, 9.17) is 4.74 Å². The highest BCUT2D eigenvalue weighted by Gasteiger charge is 2.41. The van der Waals surface area contributed by atoms with Crippen molar-refractivity contribution in [3.63, 3.8) is 0 Å². The number of nitrogens with zero attached hydrogens (tertiary/aromatic N) is 1. The summed E-state index contributed by atoms with van der Waals surface area (Å²) in [7, 11) is 0. The molecule has 1 atom stereocenters. The van der Waals surface area contributed by atoms with E-state index in [-0.39, 0.29) is 24.3 Å². The van der Waals surface area contributed by atoms with Gasteiger partial charge in [0.1, 0.15) is 21.9 Å². The van der Waals surface area contributed by atoms with Gasteiger partial charge in [0.2, 0.25) is 5.71 Å². The topological polar surface area (TPSA) is 44.7 Å². The Bertz CT molecular complexity index is 605. The molecule has 0 heterocycles. The summed E-state index contributed by atoms with van der Waals surface area (Å²) in [4.78, 5) is 0. The molecular weight excluding hydrogens is 384 g/mol. The molecule has 0 N–H and O–H groups in total. The fraction of sp³-hybridized carbons (Fsp3) is 0.562. The molecule has 1 unspecified atom stereocenters. The van der Waals surface area contributed by atoms with Crippen molar-refractivity contribution in [1.82, 2.24) is 0 Å². The molecule has 0 aromatic heterocycles. The van der Waals surface area contributed by atoms with Crippen molar-refractivity contribution >= 4 is 17.1 Å². The van der Waals surface area contributed by atoms with Crippen LogP contribution in [0.4, 0.5) is 26.3 Å². The SMILES string of the molecule is CC(C)(C)[S+]([O-])N=C(c1ccc(OCCCC(F)(F)F)cc1)C(F)(F)F. The molecule has 0 bridgehead atoms. The minimum Gasteiger partial charge on any atom is -0.591 e. The zero-order chi connectivity index (χ0) is 20.2. The summed E-state index contributed by atoms with van der Waals surface area (Å²) < 4.78 is 95.1. The highest BCUT2D eigenvalue weighted by atomic mass is 32.2. The van der Waals surface area contributed by atoms with Gasteiger partial charge in [-0.15, -0.1) is 0 Å². The smallest absolute Gasteiger partial charge is 0.438 e. The first-order valence-corrected chi connectivity index (χ1v) is 8.69. The van der Waals surface area contributed by atoms with Gasteiger partial charge in [-0.2, -0.15) is 26.3 Å². The molecule has 0 aliphatic heterocycles. The van der Waals surface area contributed by atoms with E-state index in [1.807, 2.05) is 0 Å². The number of hydrogen-bond acceptors (Lipinski definition) is 3.